The van der Waals surface area contributed by atoms with Crippen molar-refractivity contribution in [2.45, 2.75) is 13.8 Å². The zero-order valence-corrected chi connectivity index (χ0v) is 5.77. The molecule has 1 radical (unpaired) electrons. The van der Waals surface area contributed by atoms with E-state index < -0.39 is 0 Å². The molecular formula is C5H7CoO2+. The molecule has 0 atom stereocenters. The Labute approximate surface area is 58.8 Å². The van der Waals surface area contributed by atoms with Crippen molar-refractivity contribution in [2.24, 2.45) is 0 Å². The predicted molar refractivity (Wildman–Crippen MR) is 24.4 cm³/mol. The van der Waals surface area contributed by atoms with Crippen molar-refractivity contribution in [1.29, 1.82) is 0 Å². The molecule has 0 aliphatic heterocycles. The summed E-state index contributed by atoms with van der Waals surface area (Å²) in [7, 11) is 0. The number of hydrogen-bond donors (Lipinski definition) is 0. The van der Waals surface area contributed by atoms with Gasteiger partial charge < -0.3 is 5.11 Å². The van der Waals surface area contributed by atoms with Crippen molar-refractivity contribution < 1.29 is 26.7 Å². The van der Waals surface area contributed by atoms with E-state index in [1.54, 1.807) is 0 Å². The second-order valence-electron chi connectivity index (χ2n) is 1.37. The van der Waals surface area contributed by atoms with Gasteiger partial charge in [-0.3, -0.25) is 4.79 Å². The van der Waals surface area contributed by atoms with Gasteiger partial charge in [0.15, 0.2) is 5.78 Å². The standard InChI is InChI=1S/C5H8O2.Co/c1-4(6)3-5(2)7;/h3,6H,1-2H3;/q;+2/p-1/b4-3-;. The fourth-order valence-corrected chi connectivity index (χ4v) is 0.286. The van der Waals surface area contributed by atoms with Crippen LogP contribution in [0.4, 0.5) is 0 Å². The molecule has 0 aliphatic carbocycles. The molecular weight excluding hydrogens is 151 g/mol. The van der Waals surface area contributed by atoms with E-state index in [1.807, 2.05) is 0 Å². The summed E-state index contributed by atoms with van der Waals surface area (Å²) >= 11 is 0. The van der Waals surface area contributed by atoms with E-state index in [-0.39, 0.29) is 28.3 Å². The van der Waals surface area contributed by atoms with Crippen LogP contribution in [-0.2, 0) is 21.6 Å². The SMILES string of the molecule is CC(=O)/C=C(/C)[O-].[Co+2]. The zero-order chi connectivity index (χ0) is 5.86. The summed E-state index contributed by atoms with van der Waals surface area (Å²) in [5.41, 5.74) is 0. The van der Waals surface area contributed by atoms with E-state index in [0.717, 1.165) is 6.08 Å². The molecule has 0 aromatic carbocycles. The predicted octanol–water partition coefficient (Wildman–Crippen LogP) is -0.163. The third kappa shape index (κ3) is 9.21. The average molecular weight is 158 g/mol. The second-order valence-corrected chi connectivity index (χ2v) is 1.37. The number of ketones is 1. The van der Waals surface area contributed by atoms with Crippen molar-refractivity contribution in [2.75, 3.05) is 0 Å². The maximum Gasteiger partial charge on any atom is 2.00 e. The van der Waals surface area contributed by atoms with E-state index in [4.69, 9.17) is 0 Å². The van der Waals surface area contributed by atoms with Gasteiger partial charge >= 0.3 is 16.8 Å². The van der Waals surface area contributed by atoms with Gasteiger partial charge in [-0.1, -0.05) is 6.92 Å². The summed E-state index contributed by atoms with van der Waals surface area (Å²) in [5.74, 6) is -0.375. The second kappa shape index (κ2) is 4.87. The van der Waals surface area contributed by atoms with Crippen molar-refractivity contribution in [3.8, 4) is 0 Å². The number of hydrogen-bond acceptors (Lipinski definition) is 2. The number of carbonyl (C=O) groups is 1. The molecule has 0 fully saturated rings. The van der Waals surface area contributed by atoms with Crippen LogP contribution in [0.15, 0.2) is 11.8 Å². The molecule has 0 saturated heterocycles. The summed E-state index contributed by atoms with van der Waals surface area (Å²) in [6.07, 6.45) is 1.06. The largest absolute Gasteiger partial charge is 2.00 e. The van der Waals surface area contributed by atoms with Gasteiger partial charge in [0.25, 0.3) is 0 Å². The average Bonchev–Trinajstić information content (AvgIpc) is 1.27. The first-order chi connectivity index (χ1) is 3.13. The first kappa shape index (κ1) is 10.7. The minimum atomic E-state index is -0.187. The van der Waals surface area contributed by atoms with Crippen LogP contribution in [0.3, 0.4) is 0 Å². The summed E-state index contributed by atoms with van der Waals surface area (Å²) in [6, 6.07) is 0. The van der Waals surface area contributed by atoms with Gasteiger partial charge in [0, 0.05) is 0 Å². The first-order valence-electron chi connectivity index (χ1n) is 1.99. The number of rotatable bonds is 1. The van der Waals surface area contributed by atoms with Gasteiger partial charge in [0.05, 0.1) is 0 Å². The Morgan fingerprint density at radius 1 is 1.50 bits per heavy atom. The fraction of sp³-hybridized carbons (Fsp3) is 0.400. The van der Waals surface area contributed by atoms with Crippen LogP contribution in [0.5, 0.6) is 0 Å². The molecule has 8 heavy (non-hydrogen) atoms. The summed E-state index contributed by atoms with van der Waals surface area (Å²) in [4.78, 5) is 9.98. The Kier molecular flexibility index (Phi) is 6.48. The molecule has 3 heteroatoms. The van der Waals surface area contributed by atoms with Crippen LogP contribution in [0.2, 0.25) is 0 Å². The van der Waals surface area contributed by atoms with E-state index in [9.17, 15) is 9.90 Å². The fourth-order valence-electron chi connectivity index (χ4n) is 0.286. The minimum Gasteiger partial charge on any atom is -0.876 e. The summed E-state index contributed by atoms with van der Waals surface area (Å²) in [5, 5.41) is 9.98. The summed E-state index contributed by atoms with van der Waals surface area (Å²) < 4.78 is 0. The topological polar surface area (TPSA) is 40.1 Å². The van der Waals surface area contributed by atoms with E-state index in [2.05, 4.69) is 0 Å². The maximum absolute atomic E-state index is 9.98. The van der Waals surface area contributed by atoms with Gasteiger partial charge in [0.2, 0.25) is 0 Å². The van der Waals surface area contributed by atoms with Crippen molar-refractivity contribution in [3.63, 3.8) is 0 Å². The Bertz CT molecular complexity index is 103. The molecule has 0 spiro atoms. The Morgan fingerprint density at radius 3 is 1.88 bits per heavy atom. The van der Waals surface area contributed by atoms with Gasteiger partial charge in [-0.25, -0.2) is 0 Å². The van der Waals surface area contributed by atoms with Gasteiger partial charge in [-0.15, -0.1) is 5.76 Å². The molecule has 0 rings (SSSR count). The Morgan fingerprint density at radius 2 is 1.88 bits per heavy atom. The first-order valence-corrected chi connectivity index (χ1v) is 1.99. The molecule has 47 valence electrons. The van der Waals surface area contributed by atoms with Crippen molar-refractivity contribution in [3.05, 3.63) is 11.8 Å². The molecule has 0 bridgehead atoms. The molecule has 2 nitrogen and oxygen atoms in total. The number of allylic oxidation sites excluding steroid dienone is 2. The summed E-state index contributed by atoms with van der Waals surface area (Å²) in [6.45, 7) is 2.70. The van der Waals surface area contributed by atoms with Crippen LogP contribution < -0.4 is 5.11 Å². The Hall–Kier alpha value is -0.284. The monoisotopic (exact) mass is 158 g/mol. The smallest absolute Gasteiger partial charge is 0.876 e. The van der Waals surface area contributed by atoms with E-state index in [0.29, 0.717) is 0 Å². The normalized spacial score (nSPS) is 10.0. The van der Waals surface area contributed by atoms with Crippen LogP contribution >= 0.6 is 0 Å². The third-order valence-corrected chi connectivity index (χ3v) is 0.407. The molecule has 0 aromatic rings. The van der Waals surface area contributed by atoms with Crippen molar-refractivity contribution in [1.82, 2.24) is 0 Å². The maximum atomic E-state index is 9.98. The molecule has 0 aliphatic rings. The van der Waals surface area contributed by atoms with E-state index >= 15 is 0 Å². The van der Waals surface area contributed by atoms with E-state index in [1.165, 1.54) is 13.8 Å². The van der Waals surface area contributed by atoms with Gasteiger partial charge in [-0.05, 0) is 13.0 Å². The number of carbonyl (C=O) groups excluding carboxylic acids is 1. The van der Waals surface area contributed by atoms with Gasteiger partial charge in [-0.2, -0.15) is 0 Å². The minimum absolute atomic E-state index is 0. The molecule has 0 aromatic heterocycles. The van der Waals surface area contributed by atoms with Crippen LogP contribution in [0, 0.1) is 0 Å². The molecule has 0 unspecified atom stereocenters. The Balaban J connectivity index is 0. The molecule has 0 heterocycles. The van der Waals surface area contributed by atoms with Crippen LogP contribution in [0.1, 0.15) is 13.8 Å². The quantitative estimate of drug-likeness (QED) is 0.393. The zero-order valence-electron chi connectivity index (χ0n) is 4.73. The molecule has 0 amide bonds. The van der Waals surface area contributed by atoms with Crippen molar-refractivity contribution >= 4 is 5.78 Å². The molecule has 0 N–H and O–H groups in total. The van der Waals surface area contributed by atoms with Crippen LogP contribution in [-0.4, -0.2) is 5.78 Å². The van der Waals surface area contributed by atoms with Gasteiger partial charge in [0.1, 0.15) is 0 Å². The molecule has 0 saturated carbocycles. The third-order valence-electron chi connectivity index (χ3n) is 0.407. The van der Waals surface area contributed by atoms with Crippen LogP contribution in [0.25, 0.3) is 0 Å².